The summed E-state index contributed by atoms with van der Waals surface area (Å²) in [5, 5.41) is 9.83. The third-order valence-electron chi connectivity index (χ3n) is 3.40. The maximum absolute atomic E-state index is 11.7. The van der Waals surface area contributed by atoms with Gasteiger partial charge < -0.3 is 9.84 Å². The number of carbonyl (C=O) groups is 2. The van der Waals surface area contributed by atoms with Gasteiger partial charge in [-0.3, -0.25) is 4.79 Å². The molecular formula is C12H16O4. The lowest BCUT2D eigenvalue weighted by Gasteiger charge is -2.24. The van der Waals surface area contributed by atoms with E-state index in [0.29, 0.717) is 25.0 Å². The summed E-state index contributed by atoms with van der Waals surface area (Å²) in [6.07, 6.45) is 2.53. The summed E-state index contributed by atoms with van der Waals surface area (Å²) in [6.45, 7) is 2.06. The molecule has 0 amide bonds. The summed E-state index contributed by atoms with van der Waals surface area (Å²) in [5.41, 5.74) is 0.489. The number of fused-ring (bicyclic) bond motifs is 3. The highest BCUT2D eigenvalue weighted by Gasteiger charge is 2.40. The summed E-state index contributed by atoms with van der Waals surface area (Å²) < 4.78 is 4.94. The molecule has 0 radical (unpaired) electrons. The zero-order valence-corrected chi connectivity index (χ0v) is 9.31. The fraction of sp³-hybridized carbons (Fsp3) is 0.667. The van der Waals surface area contributed by atoms with Crippen LogP contribution in [0.25, 0.3) is 0 Å². The molecule has 0 aliphatic heterocycles. The van der Waals surface area contributed by atoms with E-state index in [2.05, 4.69) is 0 Å². The van der Waals surface area contributed by atoms with Crippen LogP contribution in [-0.2, 0) is 14.3 Å². The minimum absolute atomic E-state index is 0.0556. The molecule has 0 aromatic carbocycles. The third kappa shape index (κ3) is 1.89. The number of ether oxygens (including phenoxy) is 1. The first-order valence-corrected chi connectivity index (χ1v) is 5.73. The lowest BCUT2D eigenvalue weighted by atomic mass is 9.80. The third-order valence-corrected chi connectivity index (χ3v) is 3.40. The van der Waals surface area contributed by atoms with Crippen molar-refractivity contribution >= 4 is 11.8 Å². The van der Waals surface area contributed by atoms with Gasteiger partial charge in [0, 0.05) is 17.9 Å². The highest BCUT2D eigenvalue weighted by Crippen LogP contribution is 2.37. The molecule has 1 saturated carbocycles. The number of carbonyl (C=O) groups excluding carboxylic acids is 2. The monoisotopic (exact) mass is 224 g/mol. The van der Waals surface area contributed by atoms with Crippen molar-refractivity contribution in [3.8, 4) is 0 Å². The molecule has 88 valence electrons. The van der Waals surface area contributed by atoms with Crippen LogP contribution in [0.4, 0.5) is 0 Å². The molecule has 0 aromatic rings. The number of ketones is 1. The summed E-state index contributed by atoms with van der Waals surface area (Å²) in [5.74, 6) is -0.690. The number of aliphatic hydroxyl groups excluding tert-OH is 1. The van der Waals surface area contributed by atoms with E-state index in [-0.39, 0.29) is 23.6 Å². The van der Waals surface area contributed by atoms with Gasteiger partial charge in [0.25, 0.3) is 0 Å². The summed E-state index contributed by atoms with van der Waals surface area (Å²) in [7, 11) is 0. The van der Waals surface area contributed by atoms with Crippen molar-refractivity contribution in [1.82, 2.24) is 0 Å². The zero-order chi connectivity index (χ0) is 11.7. The van der Waals surface area contributed by atoms with E-state index in [4.69, 9.17) is 4.74 Å². The molecule has 3 aliphatic carbocycles. The Labute approximate surface area is 94.3 Å². The van der Waals surface area contributed by atoms with Crippen LogP contribution in [0.3, 0.4) is 0 Å². The van der Waals surface area contributed by atoms with E-state index in [0.717, 1.165) is 6.42 Å². The first kappa shape index (κ1) is 11.3. The molecule has 3 atom stereocenters. The lowest BCUT2D eigenvalue weighted by molar-refractivity contribution is -0.139. The fourth-order valence-corrected chi connectivity index (χ4v) is 2.55. The second kappa shape index (κ2) is 4.37. The molecule has 3 aliphatic rings. The average molecular weight is 224 g/mol. The summed E-state index contributed by atoms with van der Waals surface area (Å²) >= 11 is 0. The van der Waals surface area contributed by atoms with E-state index in [1.807, 2.05) is 0 Å². The van der Waals surface area contributed by atoms with Crippen molar-refractivity contribution in [3.05, 3.63) is 11.6 Å². The van der Waals surface area contributed by atoms with Crippen LogP contribution < -0.4 is 0 Å². The number of hydrogen-bond donors (Lipinski definition) is 1. The minimum atomic E-state index is -0.820. The van der Waals surface area contributed by atoms with Gasteiger partial charge in [-0.1, -0.05) is 0 Å². The number of aliphatic hydroxyl groups is 1. The van der Waals surface area contributed by atoms with Crippen molar-refractivity contribution in [2.24, 2.45) is 11.8 Å². The van der Waals surface area contributed by atoms with Crippen molar-refractivity contribution in [2.75, 3.05) is 6.61 Å². The van der Waals surface area contributed by atoms with Gasteiger partial charge in [-0.2, -0.15) is 0 Å². The molecular weight excluding hydrogens is 208 g/mol. The SMILES string of the molecule is CCOC(=O)C1=C[C@H](O)[C@H]2CC[C@@H]1CC2=O. The first-order valence-electron chi connectivity index (χ1n) is 5.73. The molecule has 4 heteroatoms. The molecule has 4 nitrogen and oxygen atoms in total. The van der Waals surface area contributed by atoms with Gasteiger partial charge in [0.1, 0.15) is 5.78 Å². The minimum Gasteiger partial charge on any atom is -0.463 e. The van der Waals surface area contributed by atoms with Gasteiger partial charge in [0.2, 0.25) is 0 Å². The van der Waals surface area contributed by atoms with Crippen molar-refractivity contribution < 1.29 is 19.4 Å². The molecule has 2 bridgehead atoms. The Bertz CT molecular complexity index is 345. The van der Waals surface area contributed by atoms with Gasteiger partial charge in [-0.15, -0.1) is 0 Å². The number of esters is 1. The fourth-order valence-electron chi connectivity index (χ4n) is 2.55. The van der Waals surface area contributed by atoms with E-state index in [9.17, 15) is 14.7 Å². The van der Waals surface area contributed by atoms with E-state index in [1.165, 1.54) is 6.08 Å². The Hall–Kier alpha value is -1.16. The Kier molecular flexibility index (Phi) is 3.10. The molecule has 0 saturated heterocycles. The molecule has 0 heterocycles. The van der Waals surface area contributed by atoms with Crippen molar-refractivity contribution in [1.29, 1.82) is 0 Å². The van der Waals surface area contributed by atoms with Crippen LogP contribution in [-0.4, -0.2) is 29.6 Å². The first-order chi connectivity index (χ1) is 7.63. The highest BCUT2D eigenvalue weighted by atomic mass is 16.5. The average Bonchev–Trinajstić information content (AvgIpc) is 2.46. The van der Waals surface area contributed by atoms with Crippen LogP contribution in [0.5, 0.6) is 0 Å². The molecule has 0 unspecified atom stereocenters. The predicted molar refractivity (Wildman–Crippen MR) is 56.6 cm³/mol. The van der Waals surface area contributed by atoms with E-state index < -0.39 is 6.10 Å². The Balaban J connectivity index is 2.25. The van der Waals surface area contributed by atoms with Crippen LogP contribution >= 0.6 is 0 Å². The molecule has 0 aromatic heterocycles. The van der Waals surface area contributed by atoms with Crippen LogP contribution in [0.1, 0.15) is 26.2 Å². The maximum atomic E-state index is 11.7. The van der Waals surface area contributed by atoms with Crippen molar-refractivity contribution in [2.45, 2.75) is 32.3 Å². The number of hydrogen-bond acceptors (Lipinski definition) is 4. The molecule has 1 fully saturated rings. The second-order valence-corrected chi connectivity index (χ2v) is 4.38. The normalized spacial score (nSPS) is 33.2. The quantitative estimate of drug-likeness (QED) is 0.706. The van der Waals surface area contributed by atoms with Crippen LogP contribution in [0.2, 0.25) is 0 Å². The maximum Gasteiger partial charge on any atom is 0.334 e. The highest BCUT2D eigenvalue weighted by molar-refractivity contribution is 5.93. The lowest BCUT2D eigenvalue weighted by Crippen LogP contribution is -2.30. The smallest absolute Gasteiger partial charge is 0.334 e. The Morgan fingerprint density at radius 2 is 2.31 bits per heavy atom. The Morgan fingerprint density at radius 3 is 2.94 bits per heavy atom. The van der Waals surface area contributed by atoms with Crippen LogP contribution in [0.15, 0.2) is 11.6 Å². The molecule has 3 rings (SSSR count). The van der Waals surface area contributed by atoms with E-state index >= 15 is 0 Å². The standard InChI is InChI=1S/C12H16O4/c1-2-16-12(15)9-6-11(14)8-4-3-7(9)5-10(8)13/h6-8,11,14H,2-5H2,1H3/t7-,8+,11+/m1/s1. The van der Waals surface area contributed by atoms with E-state index in [1.54, 1.807) is 6.92 Å². The number of Topliss-reactive ketones (excluding diaryl/α,β-unsaturated/α-hetero) is 1. The van der Waals surface area contributed by atoms with Crippen LogP contribution in [0, 0.1) is 11.8 Å². The van der Waals surface area contributed by atoms with Gasteiger partial charge in [-0.05, 0) is 31.8 Å². The summed E-state index contributed by atoms with van der Waals surface area (Å²) in [6, 6.07) is 0. The molecule has 16 heavy (non-hydrogen) atoms. The second-order valence-electron chi connectivity index (χ2n) is 4.38. The zero-order valence-electron chi connectivity index (χ0n) is 9.31. The Morgan fingerprint density at radius 1 is 1.56 bits per heavy atom. The summed E-state index contributed by atoms with van der Waals surface area (Å²) in [4.78, 5) is 23.3. The predicted octanol–water partition coefficient (Wildman–Crippen LogP) is 0.836. The van der Waals surface area contributed by atoms with Gasteiger partial charge in [-0.25, -0.2) is 4.79 Å². The number of rotatable bonds is 2. The largest absolute Gasteiger partial charge is 0.463 e. The van der Waals surface area contributed by atoms with Crippen molar-refractivity contribution in [3.63, 3.8) is 0 Å². The van der Waals surface area contributed by atoms with Gasteiger partial charge in [0.15, 0.2) is 0 Å². The topological polar surface area (TPSA) is 63.6 Å². The molecule has 1 N–H and O–H groups in total. The molecule has 0 spiro atoms. The van der Waals surface area contributed by atoms with Gasteiger partial charge in [0.05, 0.1) is 12.7 Å². The van der Waals surface area contributed by atoms with Gasteiger partial charge >= 0.3 is 5.97 Å².